The molecule has 1 atom stereocenters. The second-order valence-corrected chi connectivity index (χ2v) is 27.9. The van der Waals surface area contributed by atoms with Crippen molar-refractivity contribution in [2.75, 3.05) is 19.8 Å². The van der Waals surface area contributed by atoms with E-state index in [1.165, 1.54) is 5.20 Å². The molecule has 0 radical (unpaired) electrons. The molecule has 0 saturated carbocycles. The minimum Gasteiger partial charge on any atom is -0.374 e. The van der Waals surface area contributed by atoms with Gasteiger partial charge in [-0.25, -0.2) is 10.4 Å². The Labute approximate surface area is 258 Å². The van der Waals surface area contributed by atoms with Crippen LogP contribution in [-0.2, 0) is 34.3 Å². The molecule has 38 heavy (non-hydrogen) atoms. The minimum atomic E-state index is -2.84. The Hall–Kier alpha value is 0.136. The van der Waals surface area contributed by atoms with E-state index in [9.17, 15) is 0 Å². The maximum Gasteiger partial charge on any atom is 4.00 e. The van der Waals surface area contributed by atoms with Gasteiger partial charge in [-0.1, -0.05) is 69.5 Å². The molecular formula is C30H60O3PtSi4. The summed E-state index contributed by atoms with van der Waals surface area (Å²) < 4.78 is 19.0. The first-order valence-electron chi connectivity index (χ1n) is 12.9. The van der Waals surface area contributed by atoms with Gasteiger partial charge < -0.3 is 35.6 Å². The predicted octanol–water partition coefficient (Wildman–Crippen LogP) is 9.34. The molecule has 1 rings (SSSR count). The first kappa shape index (κ1) is 45.1. The van der Waals surface area contributed by atoms with E-state index in [-0.39, 0.29) is 49.3 Å². The topological polar surface area (TPSA) is 27.7 Å². The van der Waals surface area contributed by atoms with E-state index in [2.05, 4.69) is 83.3 Å². The standard InChI is InChI=1S/C27H51O3Si4.3CH3.Pt/c1-13-19-31(7,8)25-22-24(23-34(28-16-4,29-17-5)30-18-6)26(32(9,10)20-14-2)27(25)33(11,12)21-15-3;;;;/h13-15,24H,1-3,16-21,23H2,4-12H3;3*1H3;/q4*-1;+4. The van der Waals surface area contributed by atoms with Crippen molar-refractivity contribution in [1.29, 1.82) is 0 Å². The molecular weight excluding hydrogens is 716 g/mol. The van der Waals surface area contributed by atoms with Gasteiger partial charge in [0, 0.05) is 33.9 Å². The summed E-state index contributed by atoms with van der Waals surface area (Å²) in [5.74, 6) is 0.191. The molecule has 0 N–H and O–H groups in total. The molecule has 0 heterocycles. The fraction of sp³-hybridized carbons (Fsp3) is 0.567. The maximum absolute atomic E-state index is 6.34. The minimum absolute atomic E-state index is 0. The zero-order valence-corrected chi connectivity index (χ0v) is 33.2. The summed E-state index contributed by atoms with van der Waals surface area (Å²) in [6, 6.07) is 3.97. The van der Waals surface area contributed by atoms with Crippen LogP contribution < -0.4 is 0 Å². The van der Waals surface area contributed by atoms with Crippen LogP contribution >= 0.6 is 0 Å². The number of hydrogen-bond donors (Lipinski definition) is 0. The molecule has 0 aromatic heterocycles. The quantitative estimate of drug-likeness (QED) is 0.0838. The van der Waals surface area contributed by atoms with Crippen molar-refractivity contribution in [3.05, 3.63) is 81.9 Å². The zero-order valence-electron chi connectivity index (χ0n) is 26.9. The molecule has 224 valence electrons. The van der Waals surface area contributed by atoms with Crippen LogP contribution in [0.3, 0.4) is 0 Å². The van der Waals surface area contributed by atoms with Crippen LogP contribution in [-0.4, -0.2) is 52.8 Å². The molecule has 1 unspecified atom stereocenters. The van der Waals surface area contributed by atoms with E-state index >= 15 is 0 Å². The van der Waals surface area contributed by atoms with Crippen LogP contribution in [0.25, 0.3) is 0 Å². The monoisotopic (exact) mass is 775 g/mol. The van der Waals surface area contributed by atoms with Crippen LogP contribution in [0.2, 0.25) is 63.5 Å². The first-order chi connectivity index (χ1) is 15.8. The van der Waals surface area contributed by atoms with Gasteiger partial charge in [0.2, 0.25) is 0 Å². The third-order valence-corrected chi connectivity index (χ3v) is 20.0. The van der Waals surface area contributed by atoms with Crippen LogP contribution in [0.5, 0.6) is 0 Å². The van der Waals surface area contributed by atoms with Crippen molar-refractivity contribution in [3.8, 4) is 0 Å². The number of allylic oxidation sites excluding steroid dienone is 7. The molecule has 0 bridgehead atoms. The summed E-state index contributed by atoms with van der Waals surface area (Å²) in [5, 5.41) is 4.85. The second-order valence-electron chi connectivity index (χ2n) is 11.2. The Bertz CT molecular complexity index is 771. The maximum atomic E-state index is 6.34. The molecule has 0 amide bonds. The van der Waals surface area contributed by atoms with Gasteiger partial charge in [0.25, 0.3) is 0 Å². The zero-order chi connectivity index (χ0) is 26.2. The number of hydrogen-bond acceptors (Lipinski definition) is 3. The summed E-state index contributed by atoms with van der Waals surface area (Å²) in [7, 11) is -8.22. The molecule has 3 nitrogen and oxygen atoms in total. The van der Waals surface area contributed by atoms with E-state index in [4.69, 9.17) is 13.3 Å². The summed E-state index contributed by atoms with van der Waals surface area (Å²) >= 11 is 0. The van der Waals surface area contributed by atoms with Gasteiger partial charge in [0.15, 0.2) is 0 Å². The summed E-state index contributed by atoms with van der Waals surface area (Å²) in [6.45, 7) is 35.3. The van der Waals surface area contributed by atoms with E-state index in [0.717, 1.165) is 24.2 Å². The van der Waals surface area contributed by atoms with Crippen molar-refractivity contribution >= 4 is 33.0 Å². The van der Waals surface area contributed by atoms with Crippen LogP contribution in [0.1, 0.15) is 20.8 Å². The average Bonchev–Trinajstić information content (AvgIpc) is 3.10. The van der Waals surface area contributed by atoms with Crippen molar-refractivity contribution < 1.29 is 34.3 Å². The van der Waals surface area contributed by atoms with Crippen LogP contribution in [0, 0.1) is 34.3 Å². The molecule has 0 aromatic carbocycles. The molecule has 1 aliphatic carbocycles. The smallest absolute Gasteiger partial charge is 0.374 e. The molecule has 0 fully saturated rings. The largest absolute Gasteiger partial charge is 4.00 e. The van der Waals surface area contributed by atoms with Gasteiger partial charge in [-0.15, -0.1) is 19.7 Å². The summed E-state index contributed by atoms with van der Waals surface area (Å²) in [5.41, 5.74) is 0. The normalized spacial score (nSPS) is 15.8. The van der Waals surface area contributed by atoms with E-state index in [1.54, 1.807) is 10.4 Å². The van der Waals surface area contributed by atoms with E-state index in [0.29, 0.717) is 19.8 Å². The van der Waals surface area contributed by atoms with Gasteiger partial charge >= 0.3 is 29.9 Å². The van der Waals surface area contributed by atoms with Gasteiger partial charge in [0.1, 0.15) is 0 Å². The Morgan fingerprint density at radius 2 is 1.05 bits per heavy atom. The Morgan fingerprint density at radius 1 is 0.684 bits per heavy atom. The Kier molecular flexibility index (Phi) is 22.9. The summed E-state index contributed by atoms with van der Waals surface area (Å²) in [6.07, 6.45) is 10.5. The van der Waals surface area contributed by atoms with Crippen molar-refractivity contribution in [2.45, 2.75) is 84.2 Å². The van der Waals surface area contributed by atoms with Crippen LogP contribution in [0.15, 0.2) is 53.6 Å². The van der Waals surface area contributed by atoms with Gasteiger partial charge in [-0.05, 0) is 40.9 Å². The summed E-state index contributed by atoms with van der Waals surface area (Å²) in [4.78, 5) is 0. The predicted molar refractivity (Wildman–Crippen MR) is 179 cm³/mol. The first-order valence-corrected chi connectivity index (χ1v) is 24.5. The molecule has 0 saturated heterocycles. The van der Waals surface area contributed by atoms with Crippen molar-refractivity contribution in [2.24, 2.45) is 5.92 Å². The Morgan fingerprint density at radius 3 is 1.42 bits per heavy atom. The molecule has 1 aliphatic rings. The second kappa shape index (κ2) is 19.3. The third-order valence-electron chi connectivity index (χ3n) is 6.78. The van der Waals surface area contributed by atoms with E-state index < -0.39 is 33.0 Å². The van der Waals surface area contributed by atoms with Gasteiger partial charge in [-0.3, -0.25) is 6.08 Å². The number of rotatable bonds is 17. The van der Waals surface area contributed by atoms with Crippen LogP contribution in [0.4, 0.5) is 0 Å². The van der Waals surface area contributed by atoms with E-state index in [1.807, 2.05) is 20.8 Å². The third kappa shape index (κ3) is 11.2. The SMILES string of the molecule is C=CC[Si](C)(C)C1=[C-]C(C[Si](OCC)(OCC)OCC)C([Si](C)(C)CC=C)=C1[Si](C)(C)CC=C.[CH3-].[CH3-].[CH3-].[Pt+4]. The molecule has 8 heteroatoms. The van der Waals surface area contributed by atoms with Crippen molar-refractivity contribution in [1.82, 2.24) is 0 Å². The average molecular weight is 776 g/mol. The van der Waals surface area contributed by atoms with Gasteiger partial charge in [0.05, 0.1) is 8.07 Å². The Balaban J connectivity index is -0.00000144. The van der Waals surface area contributed by atoms with Crippen molar-refractivity contribution in [3.63, 3.8) is 0 Å². The molecule has 0 aromatic rings. The van der Waals surface area contributed by atoms with Gasteiger partial charge in [-0.2, -0.15) is 5.20 Å². The molecule has 0 spiro atoms. The fourth-order valence-electron chi connectivity index (χ4n) is 5.44. The fourth-order valence-corrected chi connectivity index (χ4v) is 20.3. The molecule has 0 aliphatic heterocycles.